The minimum absolute atomic E-state index is 0.0813. The molecule has 0 bridgehead atoms. The van der Waals surface area contributed by atoms with Gasteiger partial charge >= 0.3 is 5.97 Å². The van der Waals surface area contributed by atoms with Crippen molar-refractivity contribution in [3.8, 4) is 0 Å². The predicted octanol–water partition coefficient (Wildman–Crippen LogP) is 1.96. The fourth-order valence-electron chi connectivity index (χ4n) is 1.86. The Morgan fingerprint density at radius 3 is 2.41 bits per heavy atom. The third-order valence-electron chi connectivity index (χ3n) is 2.95. The van der Waals surface area contributed by atoms with Crippen LogP contribution in [0.3, 0.4) is 0 Å². The molecule has 1 atom stereocenters. The number of aliphatic hydroxyl groups excluding tert-OH is 1. The molecule has 0 saturated carbocycles. The fraction of sp³-hybridized carbons (Fsp3) is 0.500. The Labute approximate surface area is 102 Å². The number of benzene rings is 1. The Bertz CT molecular complexity index is 360. The highest BCUT2D eigenvalue weighted by atomic mass is 16.5. The molecule has 0 amide bonds. The van der Waals surface area contributed by atoms with Crippen LogP contribution in [0, 0.1) is 5.92 Å². The fourth-order valence-corrected chi connectivity index (χ4v) is 1.86. The average Bonchev–Trinajstić information content (AvgIpc) is 2.36. The van der Waals surface area contributed by atoms with E-state index in [1.54, 1.807) is 0 Å². The van der Waals surface area contributed by atoms with Crippen LogP contribution in [0.5, 0.6) is 0 Å². The molecule has 0 spiro atoms. The molecular formula is C14H20O3. The standard InChI is InChI=1S/C14H20O3/c1-11(14(16)17-2)7-8-12-5-3-4-6-13(12)9-10-15/h3-6,11,15H,7-10H2,1-2H3. The van der Waals surface area contributed by atoms with E-state index in [0.717, 1.165) is 18.4 Å². The number of carbonyl (C=O) groups is 1. The van der Waals surface area contributed by atoms with E-state index in [0.29, 0.717) is 6.42 Å². The molecule has 1 unspecified atom stereocenters. The third-order valence-corrected chi connectivity index (χ3v) is 2.95. The lowest BCUT2D eigenvalue weighted by atomic mass is 9.96. The van der Waals surface area contributed by atoms with Gasteiger partial charge < -0.3 is 9.84 Å². The SMILES string of the molecule is COC(=O)C(C)CCc1ccccc1CCO. The van der Waals surface area contributed by atoms with Crippen molar-refractivity contribution < 1.29 is 14.6 Å². The van der Waals surface area contributed by atoms with Crippen molar-refractivity contribution in [1.82, 2.24) is 0 Å². The van der Waals surface area contributed by atoms with Gasteiger partial charge in [0.1, 0.15) is 0 Å². The van der Waals surface area contributed by atoms with Gasteiger partial charge in [-0.25, -0.2) is 0 Å². The van der Waals surface area contributed by atoms with Crippen LogP contribution in [0.25, 0.3) is 0 Å². The van der Waals surface area contributed by atoms with Gasteiger partial charge in [0, 0.05) is 6.61 Å². The molecule has 1 aromatic rings. The Morgan fingerprint density at radius 2 is 1.88 bits per heavy atom. The second-order valence-electron chi connectivity index (χ2n) is 4.21. The molecule has 0 saturated heterocycles. The molecule has 0 fully saturated rings. The number of rotatable bonds is 6. The summed E-state index contributed by atoms with van der Waals surface area (Å²) in [6, 6.07) is 8.03. The second kappa shape index (κ2) is 7.07. The molecule has 3 heteroatoms. The molecule has 0 aromatic heterocycles. The second-order valence-corrected chi connectivity index (χ2v) is 4.21. The zero-order valence-electron chi connectivity index (χ0n) is 10.5. The summed E-state index contributed by atoms with van der Waals surface area (Å²) in [6.07, 6.45) is 2.28. The number of hydrogen-bond donors (Lipinski definition) is 1. The van der Waals surface area contributed by atoms with Gasteiger partial charge in [0.15, 0.2) is 0 Å². The molecule has 17 heavy (non-hydrogen) atoms. The van der Waals surface area contributed by atoms with Gasteiger partial charge in [-0.3, -0.25) is 4.79 Å². The molecule has 94 valence electrons. The highest BCUT2D eigenvalue weighted by Crippen LogP contribution is 2.15. The van der Waals surface area contributed by atoms with Crippen LogP contribution < -0.4 is 0 Å². The van der Waals surface area contributed by atoms with E-state index in [1.165, 1.54) is 12.7 Å². The first-order valence-corrected chi connectivity index (χ1v) is 5.94. The maximum atomic E-state index is 11.3. The van der Waals surface area contributed by atoms with Crippen molar-refractivity contribution in [3.63, 3.8) is 0 Å². The van der Waals surface area contributed by atoms with Crippen LogP contribution in [0.2, 0.25) is 0 Å². The van der Waals surface area contributed by atoms with E-state index >= 15 is 0 Å². The third kappa shape index (κ3) is 4.19. The normalized spacial score (nSPS) is 12.2. The Balaban J connectivity index is 2.59. The van der Waals surface area contributed by atoms with Crippen molar-refractivity contribution in [2.75, 3.05) is 13.7 Å². The predicted molar refractivity (Wildman–Crippen MR) is 66.7 cm³/mol. The van der Waals surface area contributed by atoms with Crippen LogP contribution in [0.4, 0.5) is 0 Å². The number of aliphatic hydroxyl groups is 1. The summed E-state index contributed by atoms with van der Waals surface area (Å²) < 4.78 is 4.70. The lowest BCUT2D eigenvalue weighted by Gasteiger charge is -2.11. The molecule has 0 radical (unpaired) electrons. The van der Waals surface area contributed by atoms with E-state index in [9.17, 15) is 4.79 Å². The van der Waals surface area contributed by atoms with Crippen LogP contribution in [0.15, 0.2) is 24.3 Å². The monoisotopic (exact) mass is 236 g/mol. The number of ether oxygens (including phenoxy) is 1. The zero-order chi connectivity index (χ0) is 12.7. The summed E-state index contributed by atoms with van der Waals surface area (Å²) in [6.45, 7) is 2.03. The summed E-state index contributed by atoms with van der Waals surface area (Å²) in [5, 5.41) is 8.97. The average molecular weight is 236 g/mol. The summed E-state index contributed by atoms with van der Waals surface area (Å²) >= 11 is 0. The van der Waals surface area contributed by atoms with Crippen molar-refractivity contribution in [2.24, 2.45) is 5.92 Å². The number of carbonyl (C=O) groups excluding carboxylic acids is 1. The Kier molecular flexibility index (Phi) is 5.70. The van der Waals surface area contributed by atoms with Crippen LogP contribution in [-0.2, 0) is 22.4 Å². The van der Waals surface area contributed by atoms with Gasteiger partial charge in [0.2, 0.25) is 0 Å². The number of hydrogen-bond acceptors (Lipinski definition) is 3. The molecular weight excluding hydrogens is 216 g/mol. The highest BCUT2D eigenvalue weighted by Gasteiger charge is 2.13. The van der Waals surface area contributed by atoms with E-state index in [2.05, 4.69) is 6.07 Å². The topological polar surface area (TPSA) is 46.5 Å². The van der Waals surface area contributed by atoms with Gasteiger partial charge in [0.05, 0.1) is 13.0 Å². The molecule has 0 aliphatic heterocycles. The quantitative estimate of drug-likeness (QED) is 0.768. The first kappa shape index (κ1) is 13.7. The van der Waals surface area contributed by atoms with E-state index in [-0.39, 0.29) is 18.5 Å². The maximum Gasteiger partial charge on any atom is 0.308 e. The smallest absolute Gasteiger partial charge is 0.308 e. The van der Waals surface area contributed by atoms with E-state index < -0.39 is 0 Å². The Morgan fingerprint density at radius 1 is 1.29 bits per heavy atom. The first-order chi connectivity index (χ1) is 8.19. The zero-order valence-corrected chi connectivity index (χ0v) is 10.5. The number of esters is 1. The number of methoxy groups -OCH3 is 1. The van der Waals surface area contributed by atoms with Gasteiger partial charge in [-0.1, -0.05) is 31.2 Å². The Hall–Kier alpha value is -1.35. The summed E-state index contributed by atoms with van der Waals surface area (Å²) in [4.78, 5) is 11.3. The van der Waals surface area contributed by atoms with E-state index in [1.807, 2.05) is 25.1 Å². The number of aryl methyl sites for hydroxylation is 1. The largest absolute Gasteiger partial charge is 0.469 e. The minimum Gasteiger partial charge on any atom is -0.469 e. The van der Waals surface area contributed by atoms with E-state index in [4.69, 9.17) is 9.84 Å². The van der Waals surface area contributed by atoms with Crippen molar-refractivity contribution >= 4 is 5.97 Å². The van der Waals surface area contributed by atoms with Gasteiger partial charge in [-0.15, -0.1) is 0 Å². The van der Waals surface area contributed by atoms with Crippen molar-refractivity contribution in [3.05, 3.63) is 35.4 Å². The molecule has 0 aliphatic carbocycles. The summed E-state index contributed by atoms with van der Waals surface area (Å²) in [5.41, 5.74) is 2.37. The van der Waals surface area contributed by atoms with Gasteiger partial charge in [-0.2, -0.15) is 0 Å². The lowest BCUT2D eigenvalue weighted by molar-refractivity contribution is -0.145. The van der Waals surface area contributed by atoms with Crippen molar-refractivity contribution in [1.29, 1.82) is 0 Å². The molecule has 3 nitrogen and oxygen atoms in total. The first-order valence-electron chi connectivity index (χ1n) is 5.94. The van der Waals surface area contributed by atoms with Gasteiger partial charge in [-0.05, 0) is 30.4 Å². The maximum absolute atomic E-state index is 11.3. The summed E-state index contributed by atoms with van der Waals surface area (Å²) in [5.74, 6) is -0.244. The summed E-state index contributed by atoms with van der Waals surface area (Å²) in [7, 11) is 1.42. The molecule has 0 heterocycles. The molecule has 1 N–H and O–H groups in total. The van der Waals surface area contributed by atoms with Crippen LogP contribution >= 0.6 is 0 Å². The lowest BCUT2D eigenvalue weighted by Crippen LogP contribution is -2.13. The molecule has 0 aliphatic rings. The van der Waals surface area contributed by atoms with Crippen molar-refractivity contribution in [2.45, 2.75) is 26.2 Å². The molecule has 1 aromatic carbocycles. The highest BCUT2D eigenvalue weighted by molar-refractivity contribution is 5.71. The molecule has 1 rings (SSSR count). The van der Waals surface area contributed by atoms with Crippen LogP contribution in [-0.4, -0.2) is 24.8 Å². The minimum atomic E-state index is -0.162. The van der Waals surface area contributed by atoms with Crippen LogP contribution in [0.1, 0.15) is 24.5 Å². The van der Waals surface area contributed by atoms with Gasteiger partial charge in [0.25, 0.3) is 0 Å².